The number of nitrogen functional groups attached to an aromatic ring is 1. The second kappa shape index (κ2) is 5.92. The van der Waals surface area contributed by atoms with Crippen molar-refractivity contribution in [1.82, 2.24) is 4.98 Å². The van der Waals surface area contributed by atoms with Crippen molar-refractivity contribution in [2.75, 3.05) is 17.3 Å². The molecule has 0 saturated heterocycles. The minimum atomic E-state index is 0.563. The zero-order chi connectivity index (χ0) is 13.9. The zero-order valence-electron chi connectivity index (χ0n) is 11.8. The third-order valence-electron chi connectivity index (χ3n) is 4.12. The van der Waals surface area contributed by atoms with Gasteiger partial charge in [0.1, 0.15) is 0 Å². The molecule has 0 radical (unpaired) electrons. The van der Waals surface area contributed by atoms with Crippen molar-refractivity contribution in [2.45, 2.75) is 37.0 Å². The number of hydrogen-bond donors (Lipinski definition) is 2. The van der Waals surface area contributed by atoms with Gasteiger partial charge in [0.15, 0.2) is 0 Å². The van der Waals surface area contributed by atoms with E-state index in [2.05, 4.69) is 28.7 Å². The summed E-state index contributed by atoms with van der Waals surface area (Å²) in [6.45, 7) is 0. The molecule has 3 rings (SSSR count). The van der Waals surface area contributed by atoms with Crippen molar-refractivity contribution in [3.05, 3.63) is 30.5 Å². The van der Waals surface area contributed by atoms with Crippen LogP contribution in [0.3, 0.4) is 0 Å². The quantitative estimate of drug-likeness (QED) is 0.841. The molecule has 2 atom stereocenters. The minimum Gasteiger partial charge on any atom is -0.397 e. The Morgan fingerprint density at radius 1 is 1.30 bits per heavy atom. The van der Waals surface area contributed by atoms with E-state index in [1.165, 1.54) is 25.7 Å². The number of nitrogens with two attached hydrogens (primary N) is 1. The van der Waals surface area contributed by atoms with Crippen LogP contribution in [0.2, 0.25) is 0 Å². The Labute approximate surface area is 124 Å². The summed E-state index contributed by atoms with van der Waals surface area (Å²) in [5.74, 6) is 0. The third-order valence-corrected chi connectivity index (χ3v) is 5.21. The maximum atomic E-state index is 6.01. The smallest absolute Gasteiger partial charge is 0.0951 e. The molecule has 1 saturated carbocycles. The molecule has 3 N–H and O–H groups in total. The summed E-state index contributed by atoms with van der Waals surface area (Å²) in [5, 5.41) is 5.62. The van der Waals surface area contributed by atoms with Crippen LogP contribution in [0.5, 0.6) is 0 Å². The van der Waals surface area contributed by atoms with Gasteiger partial charge in [-0.1, -0.05) is 6.42 Å². The van der Waals surface area contributed by atoms with Crippen LogP contribution in [0, 0.1) is 0 Å². The molecule has 1 aliphatic carbocycles. The highest BCUT2D eigenvalue weighted by atomic mass is 32.2. The number of nitrogens with one attached hydrogen (secondary N) is 1. The second-order valence-electron chi connectivity index (χ2n) is 5.47. The van der Waals surface area contributed by atoms with E-state index in [0.717, 1.165) is 27.5 Å². The maximum absolute atomic E-state index is 6.01. The average molecular weight is 287 g/mol. The minimum absolute atomic E-state index is 0.563. The molecule has 3 nitrogen and oxygen atoms in total. The van der Waals surface area contributed by atoms with Gasteiger partial charge in [-0.15, -0.1) is 0 Å². The van der Waals surface area contributed by atoms with Crippen LogP contribution in [-0.2, 0) is 0 Å². The molecule has 1 heterocycles. The Balaban J connectivity index is 1.86. The van der Waals surface area contributed by atoms with Crippen molar-refractivity contribution in [2.24, 2.45) is 0 Å². The first-order chi connectivity index (χ1) is 9.78. The molecular formula is C16H21N3S. The largest absolute Gasteiger partial charge is 0.397 e. The van der Waals surface area contributed by atoms with E-state index >= 15 is 0 Å². The Hall–Kier alpha value is -1.42. The lowest BCUT2D eigenvalue weighted by atomic mass is 9.94. The molecule has 0 bridgehead atoms. The van der Waals surface area contributed by atoms with Crippen molar-refractivity contribution >= 4 is 34.0 Å². The molecule has 4 heteroatoms. The Bertz CT molecular complexity index is 599. The van der Waals surface area contributed by atoms with E-state index in [4.69, 9.17) is 5.73 Å². The fourth-order valence-electron chi connectivity index (χ4n) is 3.03. The lowest BCUT2D eigenvalue weighted by Crippen LogP contribution is -2.28. The monoisotopic (exact) mass is 287 g/mol. The molecular weight excluding hydrogens is 266 g/mol. The van der Waals surface area contributed by atoms with Gasteiger partial charge in [-0.3, -0.25) is 4.98 Å². The molecule has 0 aliphatic heterocycles. The van der Waals surface area contributed by atoms with Gasteiger partial charge in [0.05, 0.1) is 11.2 Å². The second-order valence-corrected chi connectivity index (χ2v) is 6.61. The number of rotatable bonds is 3. The lowest BCUT2D eigenvalue weighted by Gasteiger charge is -2.29. The number of nitrogens with zero attached hydrogens (tertiary/aromatic N) is 1. The van der Waals surface area contributed by atoms with Crippen LogP contribution in [0.1, 0.15) is 25.7 Å². The molecule has 106 valence electrons. The highest BCUT2D eigenvalue weighted by Gasteiger charge is 2.21. The molecule has 0 amide bonds. The summed E-state index contributed by atoms with van der Waals surface area (Å²) in [5.41, 5.74) is 8.81. The predicted molar refractivity (Wildman–Crippen MR) is 89.3 cm³/mol. The van der Waals surface area contributed by atoms with Crippen LogP contribution in [0.25, 0.3) is 10.9 Å². The first kappa shape index (κ1) is 13.6. The summed E-state index contributed by atoms with van der Waals surface area (Å²) in [7, 11) is 0. The summed E-state index contributed by atoms with van der Waals surface area (Å²) in [6.07, 6.45) is 9.18. The van der Waals surface area contributed by atoms with Gasteiger partial charge in [-0.25, -0.2) is 0 Å². The van der Waals surface area contributed by atoms with Crippen LogP contribution < -0.4 is 11.1 Å². The van der Waals surface area contributed by atoms with E-state index in [9.17, 15) is 0 Å². The van der Waals surface area contributed by atoms with Crippen LogP contribution in [0.15, 0.2) is 30.5 Å². The molecule has 1 aliphatic rings. The van der Waals surface area contributed by atoms with Gasteiger partial charge < -0.3 is 11.1 Å². The van der Waals surface area contributed by atoms with Gasteiger partial charge in [0.2, 0.25) is 0 Å². The number of thioether (sulfide) groups is 1. The number of anilines is 2. The lowest BCUT2D eigenvalue weighted by molar-refractivity contribution is 0.474. The zero-order valence-corrected chi connectivity index (χ0v) is 12.6. The summed E-state index contributed by atoms with van der Waals surface area (Å²) >= 11 is 1.99. The number of fused-ring (bicyclic) bond motifs is 1. The number of pyridine rings is 1. The molecule has 1 aromatic heterocycles. The fraction of sp³-hybridized carbons (Fsp3) is 0.438. The van der Waals surface area contributed by atoms with Gasteiger partial charge in [-0.05, 0) is 49.8 Å². The van der Waals surface area contributed by atoms with Gasteiger partial charge in [-0.2, -0.15) is 11.8 Å². The first-order valence-electron chi connectivity index (χ1n) is 7.20. The fourth-order valence-corrected chi connectivity index (χ4v) is 3.86. The van der Waals surface area contributed by atoms with Crippen molar-refractivity contribution < 1.29 is 0 Å². The van der Waals surface area contributed by atoms with Gasteiger partial charge in [0.25, 0.3) is 0 Å². The van der Waals surface area contributed by atoms with Crippen molar-refractivity contribution in [3.63, 3.8) is 0 Å². The molecule has 20 heavy (non-hydrogen) atoms. The summed E-state index contributed by atoms with van der Waals surface area (Å²) < 4.78 is 0. The van der Waals surface area contributed by atoms with Gasteiger partial charge >= 0.3 is 0 Å². The molecule has 2 aromatic rings. The van der Waals surface area contributed by atoms with Crippen molar-refractivity contribution in [3.8, 4) is 0 Å². The standard InChI is InChI=1S/C16H21N3S/c1-20-12-5-2-4-11(10-12)19-15-8-7-14(17)16-13(15)6-3-9-18-16/h3,6-9,11-12,19H,2,4-5,10,17H2,1H3. The van der Waals surface area contributed by atoms with Gasteiger partial charge in [0, 0.05) is 28.6 Å². The first-order valence-corrected chi connectivity index (χ1v) is 8.49. The molecule has 2 unspecified atom stereocenters. The summed E-state index contributed by atoms with van der Waals surface area (Å²) in [6, 6.07) is 8.66. The Morgan fingerprint density at radius 2 is 2.20 bits per heavy atom. The third kappa shape index (κ3) is 2.70. The number of aromatic nitrogens is 1. The van der Waals surface area contributed by atoms with Crippen LogP contribution in [-0.4, -0.2) is 22.5 Å². The Kier molecular flexibility index (Phi) is 4.01. The van der Waals surface area contributed by atoms with Crippen LogP contribution >= 0.6 is 11.8 Å². The van der Waals surface area contributed by atoms with Crippen LogP contribution in [0.4, 0.5) is 11.4 Å². The predicted octanol–water partition coefficient (Wildman–Crippen LogP) is 3.90. The normalized spacial score (nSPS) is 22.9. The highest BCUT2D eigenvalue weighted by molar-refractivity contribution is 7.99. The molecule has 1 aromatic carbocycles. The maximum Gasteiger partial charge on any atom is 0.0951 e. The van der Waals surface area contributed by atoms with E-state index < -0.39 is 0 Å². The topological polar surface area (TPSA) is 50.9 Å². The highest BCUT2D eigenvalue weighted by Crippen LogP contribution is 2.32. The Morgan fingerprint density at radius 3 is 3.05 bits per heavy atom. The number of benzene rings is 1. The van der Waals surface area contributed by atoms with E-state index in [1.807, 2.05) is 23.9 Å². The average Bonchev–Trinajstić information content (AvgIpc) is 2.51. The number of hydrogen-bond acceptors (Lipinski definition) is 4. The van der Waals surface area contributed by atoms with Crippen molar-refractivity contribution in [1.29, 1.82) is 0 Å². The molecule has 0 spiro atoms. The van der Waals surface area contributed by atoms with E-state index in [1.54, 1.807) is 6.20 Å². The summed E-state index contributed by atoms with van der Waals surface area (Å²) in [4.78, 5) is 4.40. The molecule has 1 fully saturated rings. The SMILES string of the molecule is CSC1CCCC(Nc2ccc(N)c3ncccc23)C1. The van der Waals surface area contributed by atoms with E-state index in [0.29, 0.717) is 6.04 Å². The van der Waals surface area contributed by atoms with E-state index in [-0.39, 0.29) is 0 Å².